The Bertz CT molecular complexity index is 445. The highest BCUT2D eigenvalue weighted by atomic mass is 19.1. The number of halogens is 1. The second-order valence-electron chi connectivity index (χ2n) is 4.65. The topological polar surface area (TPSA) is 61.4 Å². The summed E-state index contributed by atoms with van der Waals surface area (Å²) in [6.45, 7) is 5.49. The average Bonchev–Trinajstić information content (AvgIpc) is 2.41. The molecule has 0 saturated carbocycles. The van der Waals surface area contributed by atoms with Crippen LogP contribution in [0.25, 0.3) is 0 Å². The predicted molar refractivity (Wildman–Crippen MR) is 73.7 cm³/mol. The molecule has 106 valence electrons. The molecule has 0 spiro atoms. The SMILES string of the molecule is CCC(O)(CC)CNC(=O)Nc1cccc(F)c1C. The number of hydrogen-bond acceptors (Lipinski definition) is 2. The Kier molecular flexibility index (Phi) is 5.30. The Morgan fingerprint density at radius 2 is 2.00 bits per heavy atom. The maximum Gasteiger partial charge on any atom is 0.319 e. The third kappa shape index (κ3) is 4.21. The number of urea groups is 1. The third-order valence-electron chi connectivity index (χ3n) is 3.41. The standard InChI is InChI=1S/C14H21FN2O2/c1-4-14(19,5-2)9-16-13(18)17-12-8-6-7-11(15)10(12)3/h6-8,19H,4-5,9H2,1-3H3,(H2,16,17,18). The van der Waals surface area contributed by atoms with Gasteiger partial charge >= 0.3 is 6.03 Å². The van der Waals surface area contributed by atoms with Gasteiger partial charge in [0.05, 0.1) is 5.60 Å². The van der Waals surface area contributed by atoms with E-state index in [1.54, 1.807) is 13.0 Å². The Balaban J connectivity index is 2.59. The average molecular weight is 268 g/mol. The van der Waals surface area contributed by atoms with Gasteiger partial charge < -0.3 is 15.7 Å². The van der Waals surface area contributed by atoms with Crippen LogP contribution in [0.15, 0.2) is 18.2 Å². The molecule has 19 heavy (non-hydrogen) atoms. The molecule has 0 aliphatic carbocycles. The van der Waals surface area contributed by atoms with E-state index >= 15 is 0 Å². The number of rotatable bonds is 5. The van der Waals surface area contributed by atoms with Gasteiger partial charge in [-0.1, -0.05) is 19.9 Å². The third-order valence-corrected chi connectivity index (χ3v) is 3.41. The van der Waals surface area contributed by atoms with Gasteiger partial charge in [-0.15, -0.1) is 0 Å². The maximum absolute atomic E-state index is 13.3. The molecule has 1 aromatic rings. The summed E-state index contributed by atoms with van der Waals surface area (Å²) < 4.78 is 13.3. The van der Waals surface area contributed by atoms with E-state index in [2.05, 4.69) is 10.6 Å². The summed E-state index contributed by atoms with van der Waals surface area (Å²) >= 11 is 0. The Hall–Kier alpha value is -1.62. The molecule has 5 heteroatoms. The molecule has 3 N–H and O–H groups in total. The molecule has 4 nitrogen and oxygen atoms in total. The summed E-state index contributed by atoms with van der Waals surface area (Å²) in [4.78, 5) is 11.7. The Labute approximate surface area is 113 Å². The summed E-state index contributed by atoms with van der Waals surface area (Å²) in [6, 6.07) is 4.05. The molecule has 0 fully saturated rings. The molecule has 0 aromatic heterocycles. The van der Waals surface area contributed by atoms with Gasteiger partial charge in [0.2, 0.25) is 0 Å². The van der Waals surface area contributed by atoms with Gasteiger partial charge in [-0.25, -0.2) is 9.18 Å². The lowest BCUT2D eigenvalue weighted by Crippen LogP contribution is -2.43. The summed E-state index contributed by atoms with van der Waals surface area (Å²) in [5.41, 5.74) is -0.0816. The maximum atomic E-state index is 13.3. The molecule has 1 aromatic carbocycles. The van der Waals surface area contributed by atoms with Crippen LogP contribution in [-0.2, 0) is 0 Å². The van der Waals surface area contributed by atoms with Crippen LogP contribution in [-0.4, -0.2) is 23.3 Å². The van der Waals surface area contributed by atoms with Crippen LogP contribution >= 0.6 is 0 Å². The number of hydrogen-bond donors (Lipinski definition) is 3. The van der Waals surface area contributed by atoms with Crippen molar-refractivity contribution >= 4 is 11.7 Å². The van der Waals surface area contributed by atoms with E-state index < -0.39 is 11.6 Å². The highest BCUT2D eigenvalue weighted by Gasteiger charge is 2.22. The minimum absolute atomic E-state index is 0.167. The molecule has 0 atom stereocenters. The van der Waals surface area contributed by atoms with Crippen molar-refractivity contribution in [2.45, 2.75) is 39.2 Å². The zero-order chi connectivity index (χ0) is 14.5. The fourth-order valence-electron chi connectivity index (χ4n) is 1.65. The molecular weight excluding hydrogens is 247 g/mol. The fraction of sp³-hybridized carbons (Fsp3) is 0.500. The number of aliphatic hydroxyl groups is 1. The van der Waals surface area contributed by atoms with Crippen molar-refractivity contribution in [3.8, 4) is 0 Å². The van der Waals surface area contributed by atoms with E-state index in [1.165, 1.54) is 12.1 Å². The first kappa shape index (κ1) is 15.4. The van der Waals surface area contributed by atoms with Gasteiger partial charge in [-0.3, -0.25) is 0 Å². The van der Waals surface area contributed by atoms with Crippen molar-refractivity contribution in [2.24, 2.45) is 0 Å². The largest absolute Gasteiger partial charge is 0.388 e. The van der Waals surface area contributed by atoms with Crippen molar-refractivity contribution in [1.82, 2.24) is 5.32 Å². The summed E-state index contributed by atoms with van der Waals surface area (Å²) in [6.07, 6.45) is 1.12. The van der Waals surface area contributed by atoms with Crippen molar-refractivity contribution in [3.63, 3.8) is 0 Å². The number of anilines is 1. The smallest absolute Gasteiger partial charge is 0.319 e. The lowest BCUT2D eigenvalue weighted by Gasteiger charge is -2.25. The van der Waals surface area contributed by atoms with Crippen LogP contribution in [0.2, 0.25) is 0 Å². The molecule has 0 aliphatic rings. The highest BCUT2D eigenvalue weighted by Crippen LogP contribution is 2.17. The molecule has 0 radical (unpaired) electrons. The first-order valence-corrected chi connectivity index (χ1v) is 6.44. The quantitative estimate of drug-likeness (QED) is 0.769. The second kappa shape index (κ2) is 6.52. The van der Waals surface area contributed by atoms with Gasteiger partial charge in [0, 0.05) is 17.8 Å². The first-order chi connectivity index (χ1) is 8.91. The van der Waals surface area contributed by atoms with Gasteiger partial charge in [0.1, 0.15) is 5.82 Å². The first-order valence-electron chi connectivity index (χ1n) is 6.44. The van der Waals surface area contributed by atoms with Gasteiger partial charge in [0.25, 0.3) is 0 Å². The van der Waals surface area contributed by atoms with Gasteiger partial charge in [-0.05, 0) is 31.9 Å². The number of carbonyl (C=O) groups is 1. The Morgan fingerprint density at radius 1 is 1.37 bits per heavy atom. The molecule has 0 saturated heterocycles. The zero-order valence-corrected chi connectivity index (χ0v) is 11.6. The van der Waals surface area contributed by atoms with Gasteiger partial charge in [0.15, 0.2) is 0 Å². The highest BCUT2D eigenvalue weighted by molar-refractivity contribution is 5.90. The van der Waals surface area contributed by atoms with Crippen LogP contribution < -0.4 is 10.6 Å². The molecule has 0 aliphatic heterocycles. The second-order valence-corrected chi connectivity index (χ2v) is 4.65. The zero-order valence-electron chi connectivity index (χ0n) is 11.6. The number of nitrogens with one attached hydrogen (secondary N) is 2. The molecule has 0 bridgehead atoms. The van der Waals surface area contributed by atoms with E-state index in [4.69, 9.17) is 0 Å². The van der Waals surface area contributed by atoms with Crippen LogP contribution in [0.4, 0.5) is 14.9 Å². The minimum Gasteiger partial charge on any atom is -0.388 e. The molecular formula is C14H21FN2O2. The molecule has 0 unspecified atom stereocenters. The van der Waals surface area contributed by atoms with Crippen LogP contribution in [0.1, 0.15) is 32.3 Å². The summed E-state index contributed by atoms with van der Waals surface area (Å²) in [5, 5.41) is 15.2. The normalized spacial score (nSPS) is 11.2. The molecule has 2 amide bonds. The van der Waals surface area contributed by atoms with Crippen molar-refractivity contribution in [3.05, 3.63) is 29.6 Å². The Morgan fingerprint density at radius 3 is 2.58 bits per heavy atom. The number of amides is 2. The molecule has 0 heterocycles. The number of benzene rings is 1. The molecule has 1 rings (SSSR count). The minimum atomic E-state index is -0.895. The number of carbonyl (C=O) groups excluding carboxylic acids is 1. The van der Waals surface area contributed by atoms with Crippen molar-refractivity contribution in [1.29, 1.82) is 0 Å². The van der Waals surface area contributed by atoms with Gasteiger partial charge in [-0.2, -0.15) is 0 Å². The summed E-state index contributed by atoms with van der Waals surface area (Å²) in [5.74, 6) is -0.364. The van der Waals surface area contributed by atoms with E-state index in [1.807, 2.05) is 13.8 Å². The fourth-order valence-corrected chi connectivity index (χ4v) is 1.65. The van der Waals surface area contributed by atoms with E-state index in [-0.39, 0.29) is 12.4 Å². The summed E-state index contributed by atoms with van der Waals surface area (Å²) in [7, 11) is 0. The van der Waals surface area contributed by atoms with Crippen LogP contribution in [0.5, 0.6) is 0 Å². The van der Waals surface area contributed by atoms with Crippen LogP contribution in [0, 0.1) is 12.7 Å². The monoisotopic (exact) mass is 268 g/mol. The van der Waals surface area contributed by atoms with Crippen molar-refractivity contribution in [2.75, 3.05) is 11.9 Å². The van der Waals surface area contributed by atoms with Crippen molar-refractivity contribution < 1.29 is 14.3 Å². The van der Waals surface area contributed by atoms with E-state index in [0.717, 1.165) is 0 Å². The lowest BCUT2D eigenvalue weighted by molar-refractivity contribution is 0.0354. The van der Waals surface area contributed by atoms with Crippen LogP contribution in [0.3, 0.4) is 0 Å². The van der Waals surface area contributed by atoms with E-state index in [9.17, 15) is 14.3 Å². The predicted octanol–water partition coefficient (Wildman–Crippen LogP) is 2.81. The lowest BCUT2D eigenvalue weighted by atomic mass is 9.98. The van der Waals surface area contributed by atoms with E-state index in [0.29, 0.717) is 24.1 Å².